The SMILES string of the molecule is FC(F)(F)C(c1ccc(Oc2ccc(-c3nc(-c4ccccc4)nc(-c4ccccc4)n3)cc2)cc1)(c1cccc(-c2nc(-c3ccccc3)nc(-c3ccccc3)n2)c1)C(F)(F)F. The Kier molecular flexibility index (Phi) is 11.0. The highest BCUT2D eigenvalue weighted by Crippen LogP contribution is 2.56. The van der Waals surface area contributed by atoms with E-state index < -0.39 is 28.9 Å². The van der Waals surface area contributed by atoms with Gasteiger partial charge in [-0.3, -0.25) is 0 Å². The van der Waals surface area contributed by atoms with E-state index in [0.717, 1.165) is 53.6 Å². The highest BCUT2D eigenvalue weighted by molar-refractivity contribution is 5.69. The maximum Gasteiger partial charge on any atom is 0.411 e. The molecule has 0 aliphatic carbocycles. The van der Waals surface area contributed by atoms with Gasteiger partial charge in [0.2, 0.25) is 5.41 Å². The summed E-state index contributed by atoms with van der Waals surface area (Å²) in [6, 6.07) is 50.9. The third kappa shape index (κ3) is 8.18. The lowest BCUT2D eigenvalue weighted by molar-refractivity contribution is -0.288. The van der Waals surface area contributed by atoms with E-state index in [4.69, 9.17) is 19.7 Å². The molecule has 0 aliphatic heterocycles. The van der Waals surface area contributed by atoms with Crippen molar-refractivity contribution >= 4 is 0 Å². The summed E-state index contributed by atoms with van der Waals surface area (Å²) < 4.78 is 98.4. The molecule has 2 heterocycles. The van der Waals surface area contributed by atoms with E-state index in [2.05, 4.69) is 15.0 Å². The number of hydrogen-bond donors (Lipinski definition) is 0. The molecule has 0 spiro atoms. The highest BCUT2D eigenvalue weighted by atomic mass is 19.4. The van der Waals surface area contributed by atoms with Crippen LogP contribution in [0.15, 0.2) is 194 Å². The van der Waals surface area contributed by atoms with E-state index in [9.17, 15) is 0 Å². The molecule has 2 aromatic heterocycles. The molecule has 9 aromatic rings. The second-order valence-corrected chi connectivity index (χ2v) is 14.6. The molecule has 0 saturated carbocycles. The number of rotatable bonds is 10. The van der Waals surface area contributed by atoms with Gasteiger partial charge in [0.05, 0.1) is 0 Å². The van der Waals surface area contributed by atoms with Gasteiger partial charge in [-0.25, -0.2) is 29.9 Å². The van der Waals surface area contributed by atoms with Gasteiger partial charge in [-0.2, -0.15) is 26.3 Å². The van der Waals surface area contributed by atoms with Crippen LogP contribution in [0.4, 0.5) is 26.3 Å². The average Bonchev–Trinajstić information content (AvgIpc) is 3.32. The first-order valence-electron chi connectivity index (χ1n) is 19.8. The van der Waals surface area contributed by atoms with Crippen LogP contribution >= 0.6 is 0 Å². The van der Waals surface area contributed by atoms with Crippen molar-refractivity contribution < 1.29 is 31.1 Å². The van der Waals surface area contributed by atoms with E-state index in [1.54, 1.807) is 84.9 Å². The van der Waals surface area contributed by atoms with Crippen molar-refractivity contribution in [1.29, 1.82) is 0 Å². The van der Waals surface area contributed by atoms with Crippen LogP contribution in [0.2, 0.25) is 0 Å². The van der Waals surface area contributed by atoms with Crippen LogP contribution in [0.3, 0.4) is 0 Å². The summed E-state index contributed by atoms with van der Waals surface area (Å²) in [6.45, 7) is 0. The Bertz CT molecular complexity index is 2900. The molecule has 9 rings (SSSR count). The second kappa shape index (κ2) is 17.0. The zero-order valence-corrected chi connectivity index (χ0v) is 33.3. The van der Waals surface area contributed by atoms with Crippen LogP contribution in [0.5, 0.6) is 11.5 Å². The maximum atomic E-state index is 15.4. The summed E-state index contributed by atoms with van der Waals surface area (Å²) in [5, 5.41) is 0. The maximum absolute atomic E-state index is 15.4. The minimum absolute atomic E-state index is 0.00783. The first kappa shape index (κ1) is 41.3. The molecule has 64 heavy (non-hydrogen) atoms. The lowest BCUT2D eigenvalue weighted by Gasteiger charge is -2.38. The van der Waals surface area contributed by atoms with E-state index in [0.29, 0.717) is 34.2 Å². The smallest absolute Gasteiger partial charge is 0.411 e. The molecule has 0 unspecified atom stereocenters. The van der Waals surface area contributed by atoms with Gasteiger partial charge in [0, 0.05) is 33.4 Å². The molecular weight excluding hydrogens is 827 g/mol. The number of halogens is 6. The molecule has 0 saturated heterocycles. The van der Waals surface area contributed by atoms with E-state index in [-0.39, 0.29) is 34.5 Å². The molecule has 13 heteroatoms. The number of hydrogen-bond acceptors (Lipinski definition) is 7. The monoisotopic (exact) mass is 858 g/mol. The van der Waals surface area contributed by atoms with Crippen molar-refractivity contribution in [2.45, 2.75) is 17.8 Å². The standard InChI is InChI=1S/C51H32F6N6O/c52-50(53,54)49(51(55,56)57,40-23-13-22-38(32-40)48-62-45(35-18-9-3-10-19-35)59-46(63-48)36-20-11-4-12-21-36)39-26-30-42(31-27-39)64-41-28-24-37(25-29-41)47-60-43(33-14-5-1-6-15-33)58-44(61-47)34-16-7-2-8-17-34/h1-32H. The molecule has 0 fully saturated rings. The molecule has 0 bridgehead atoms. The number of nitrogens with zero attached hydrogens (tertiary/aromatic N) is 6. The summed E-state index contributed by atoms with van der Waals surface area (Å²) in [6.07, 6.45) is -11.7. The van der Waals surface area contributed by atoms with Crippen LogP contribution in [0.1, 0.15) is 11.1 Å². The Labute approximate surface area is 362 Å². The van der Waals surface area contributed by atoms with Crippen LogP contribution < -0.4 is 4.74 Å². The molecule has 0 N–H and O–H groups in total. The topological polar surface area (TPSA) is 86.6 Å². The summed E-state index contributed by atoms with van der Waals surface area (Å²) in [5.74, 6) is 1.86. The Morgan fingerprint density at radius 2 is 0.578 bits per heavy atom. The molecule has 0 radical (unpaired) electrons. The summed E-state index contributed by atoms with van der Waals surface area (Å²) in [4.78, 5) is 27.7. The highest BCUT2D eigenvalue weighted by Gasteiger charge is 2.72. The van der Waals surface area contributed by atoms with Crippen molar-refractivity contribution in [2.75, 3.05) is 0 Å². The third-order valence-corrected chi connectivity index (χ3v) is 10.4. The average molecular weight is 859 g/mol. The van der Waals surface area contributed by atoms with Gasteiger partial charge in [-0.15, -0.1) is 0 Å². The molecule has 7 nitrogen and oxygen atoms in total. The Morgan fingerprint density at radius 3 is 0.922 bits per heavy atom. The van der Waals surface area contributed by atoms with Gasteiger partial charge >= 0.3 is 12.4 Å². The first-order chi connectivity index (χ1) is 31.0. The quantitative estimate of drug-likeness (QED) is 0.127. The predicted octanol–water partition coefficient (Wildman–Crippen LogP) is 13.3. The summed E-state index contributed by atoms with van der Waals surface area (Å²) in [7, 11) is 0. The largest absolute Gasteiger partial charge is 0.457 e. The van der Waals surface area contributed by atoms with E-state index in [1.165, 1.54) is 6.07 Å². The third-order valence-electron chi connectivity index (χ3n) is 10.4. The fourth-order valence-corrected chi connectivity index (χ4v) is 7.33. The Hall–Kier alpha value is -8.06. The van der Waals surface area contributed by atoms with Crippen LogP contribution in [0, 0.1) is 0 Å². The van der Waals surface area contributed by atoms with Gasteiger partial charge in [-0.1, -0.05) is 152 Å². The number of ether oxygens (including phenoxy) is 1. The van der Waals surface area contributed by atoms with Crippen LogP contribution in [-0.2, 0) is 5.41 Å². The molecular formula is C51H32F6N6O. The molecule has 7 aromatic carbocycles. The minimum atomic E-state index is -5.85. The fraction of sp³-hybridized carbons (Fsp3) is 0.0588. The van der Waals surface area contributed by atoms with E-state index in [1.807, 2.05) is 60.7 Å². The zero-order chi connectivity index (χ0) is 44.3. The van der Waals surface area contributed by atoms with Crippen molar-refractivity contribution in [2.24, 2.45) is 0 Å². The second-order valence-electron chi connectivity index (χ2n) is 14.6. The number of benzene rings is 7. The zero-order valence-electron chi connectivity index (χ0n) is 33.3. The van der Waals surface area contributed by atoms with Gasteiger partial charge < -0.3 is 4.74 Å². The van der Waals surface area contributed by atoms with Gasteiger partial charge in [-0.05, 0) is 53.6 Å². The van der Waals surface area contributed by atoms with Crippen molar-refractivity contribution in [3.63, 3.8) is 0 Å². The summed E-state index contributed by atoms with van der Waals surface area (Å²) in [5.41, 5.74) is -3.29. The number of alkyl halides is 6. The Balaban J connectivity index is 1.04. The number of aromatic nitrogens is 6. The molecule has 0 atom stereocenters. The van der Waals surface area contributed by atoms with Crippen molar-refractivity contribution in [3.8, 4) is 79.8 Å². The van der Waals surface area contributed by atoms with Crippen LogP contribution in [0.25, 0.3) is 68.3 Å². The van der Waals surface area contributed by atoms with Crippen molar-refractivity contribution in [3.05, 3.63) is 205 Å². The molecule has 0 aliphatic rings. The van der Waals surface area contributed by atoms with E-state index >= 15 is 26.3 Å². The predicted molar refractivity (Wildman–Crippen MR) is 232 cm³/mol. The Morgan fingerprint density at radius 1 is 0.281 bits per heavy atom. The lowest BCUT2D eigenvalue weighted by atomic mass is 9.72. The van der Waals surface area contributed by atoms with Gasteiger partial charge in [0.15, 0.2) is 34.9 Å². The summed E-state index contributed by atoms with van der Waals surface area (Å²) >= 11 is 0. The minimum Gasteiger partial charge on any atom is -0.457 e. The normalized spacial score (nSPS) is 11.9. The molecule has 0 amide bonds. The van der Waals surface area contributed by atoms with Gasteiger partial charge in [0.25, 0.3) is 0 Å². The fourth-order valence-electron chi connectivity index (χ4n) is 7.33. The first-order valence-corrected chi connectivity index (χ1v) is 19.8. The molecule has 314 valence electrons. The van der Waals surface area contributed by atoms with Crippen LogP contribution in [-0.4, -0.2) is 42.3 Å². The van der Waals surface area contributed by atoms with Crippen molar-refractivity contribution in [1.82, 2.24) is 29.9 Å². The lowest BCUT2D eigenvalue weighted by Crippen LogP contribution is -2.54. The van der Waals surface area contributed by atoms with Gasteiger partial charge in [0.1, 0.15) is 11.5 Å².